The molecular weight excluding hydrogens is 412 g/mol. The van der Waals surface area contributed by atoms with Crippen molar-refractivity contribution in [3.8, 4) is 11.5 Å². The topological polar surface area (TPSA) is 44.8 Å². The summed E-state index contributed by atoms with van der Waals surface area (Å²) in [4.78, 5) is 12.6. The van der Waals surface area contributed by atoms with Gasteiger partial charge in [-0.1, -0.05) is 42.5 Å². The lowest BCUT2D eigenvalue weighted by molar-refractivity contribution is 0.0600. The van der Waals surface area contributed by atoms with E-state index in [0.29, 0.717) is 18.8 Å². The van der Waals surface area contributed by atoms with Crippen LogP contribution in [0.1, 0.15) is 52.4 Å². The summed E-state index contributed by atoms with van der Waals surface area (Å²) in [5.41, 5.74) is 5.96. The maximum Gasteiger partial charge on any atom is 0.338 e. The molecule has 33 heavy (non-hydrogen) atoms. The Morgan fingerprint density at radius 2 is 1.55 bits per heavy atom. The van der Waals surface area contributed by atoms with Crippen molar-refractivity contribution in [1.29, 1.82) is 0 Å². The molecule has 0 bridgehead atoms. The fourth-order valence-electron chi connectivity index (χ4n) is 3.78. The highest BCUT2D eigenvalue weighted by Crippen LogP contribution is 2.31. The molecule has 3 aromatic carbocycles. The normalized spacial score (nSPS) is 11.2. The third-order valence-corrected chi connectivity index (χ3v) is 5.60. The van der Waals surface area contributed by atoms with Crippen LogP contribution in [0.4, 0.5) is 0 Å². The van der Waals surface area contributed by atoms with Crippen molar-refractivity contribution in [3.63, 3.8) is 0 Å². The predicted molar refractivity (Wildman–Crippen MR) is 134 cm³/mol. The largest absolute Gasteiger partial charge is 0.494 e. The first-order valence-corrected chi connectivity index (χ1v) is 11.3. The van der Waals surface area contributed by atoms with Gasteiger partial charge in [0.1, 0.15) is 11.5 Å². The zero-order valence-electron chi connectivity index (χ0n) is 19.9. The molecule has 0 saturated heterocycles. The summed E-state index contributed by atoms with van der Waals surface area (Å²) < 4.78 is 16.5. The lowest BCUT2D eigenvalue weighted by atomic mass is 9.88. The van der Waals surface area contributed by atoms with E-state index in [0.717, 1.165) is 52.2 Å². The molecule has 0 aliphatic rings. The number of benzene rings is 3. The molecule has 172 valence electrons. The van der Waals surface area contributed by atoms with Gasteiger partial charge in [0, 0.05) is 0 Å². The average molecular weight is 445 g/mol. The van der Waals surface area contributed by atoms with Crippen LogP contribution in [0.2, 0.25) is 0 Å². The Kier molecular flexibility index (Phi) is 8.71. The number of carbonyl (C=O) groups excluding carboxylic acids is 1. The van der Waals surface area contributed by atoms with Crippen LogP contribution in [0.15, 0.2) is 66.7 Å². The molecule has 0 fully saturated rings. The Hall–Kier alpha value is -3.53. The van der Waals surface area contributed by atoms with Crippen molar-refractivity contribution < 1.29 is 19.0 Å². The van der Waals surface area contributed by atoms with Gasteiger partial charge in [-0.2, -0.15) is 0 Å². The van der Waals surface area contributed by atoms with E-state index in [-0.39, 0.29) is 5.97 Å². The molecule has 0 unspecified atom stereocenters. The molecule has 0 saturated carbocycles. The summed E-state index contributed by atoms with van der Waals surface area (Å²) in [6, 6.07) is 21.7. The zero-order chi connectivity index (χ0) is 23.6. The van der Waals surface area contributed by atoms with Crippen LogP contribution in [0, 0.1) is 13.8 Å². The third kappa shape index (κ3) is 6.48. The smallest absolute Gasteiger partial charge is 0.338 e. The van der Waals surface area contributed by atoms with Crippen LogP contribution in [-0.2, 0) is 4.74 Å². The molecule has 0 heterocycles. The van der Waals surface area contributed by atoms with Gasteiger partial charge in [0.25, 0.3) is 0 Å². The second-order valence-electron chi connectivity index (χ2n) is 7.86. The number of carbonyl (C=O) groups is 1. The summed E-state index contributed by atoms with van der Waals surface area (Å²) in [5.74, 6) is 1.33. The Morgan fingerprint density at radius 1 is 0.879 bits per heavy atom. The third-order valence-electron chi connectivity index (χ3n) is 5.60. The Labute approximate surface area is 196 Å². The number of allylic oxidation sites excluding steroid dienone is 1. The molecule has 0 radical (unpaired) electrons. The fourth-order valence-corrected chi connectivity index (χ4v) is 3.78. The maximum atomic E-state index is 12.6. The van der Waals surface area contributed by atoms with Crippen molar-refractivity contribution in [1.82, 2.24) is 0 Å². The van der Waals surface area contributed by atoms with Crippen LogP contribution in [0.3, 0.4) is 0 Å². The monoisotopic (exact) mass is 444 g/mol. The van der Waals surface area contributed by atoms with Crippen LogP contribution in [-0.4, -0.2) is 26.3 Å². The summed E-state index contributed by atoms with van der Waals surface area (Å²) in [5, 5.41) is 0. The highest BCUT2D eigenvalue weighted by molar-refractivity contribution is 5.99. The molecular formula is C29H32O4. The first-order valence-electron chi connectivity index (χ1n) is 11.3. The van der Waals surface area contributed by atoms with Gasteiger partial charge in [-0.25, -0.2) is 4.79 Å². The molecule has 0 N–H and O–H groups in total. The number of hydrogen-bond acceptors (Lipinski definition) is 4. The van der Waals surface area contributed by atoms with E-state index in [9.17, 15) is 4.79 Å². The van der Waals surface area contributed by atoms with Crippen molar-refractivity contribution in [2.24, 2.45) is 0 Å². The SMILES string of the molecule is CCOc1ccc(OCCC/C(=C/c2ccccc2)c2c(C(=O)OC)ccc(C)c2C)cc1. The van der Waals surface area contributed by atoms with E-state index in [1.54, 1.807) is 0 Å². The van der Waals surface area contributed by atoms with E-state index >= 15 is 0 Å². The molecule has 0 atom stereocenters. The second-order valence-corrected chi connectivity index (χ2v) is 7.86. The molecule has 0 aliphatic carbocycles. The summed E-state index contributed by atoms with van der Waals surface area (Å²) in [6.07, 6.45) is 3.73. The molecule has 0 amide bonds. The first kappa shape index (κ1) is 24.1. The number of aryl methyl sites for hydroxylation is 1. The number of hydrogen-bond donors (Lipinski definition) is 0. The standard InChI is InChI=1S/C29H32O4/c1-5-32-25-14-16-26(17-15-25)33-19-9-12-24(20-23-10-7-6-8-11-23)28-22(3)21(2)13-18-27(28)29(30)31-4/h6-8,10-11,13-18,20H,5,9,12,19H2,1-4H3/b24-20-. The van der Waals surface area contributed by atoms with Gasteiger partial charge in [-0.3, -0.25) is 0 Å². The molecule has 4 heteroatoms. The predicted octanol–water partition coefficient (Wildman–Crippen LogP) is 6.89. The lowest BCUT2D eigenvalue weighted by Gasteiger charge is -2.17. The van der Waals surface area contributed by atoms with Gasteiger partial charge in [-0.05, 0) is 91.8 Å². The minimum atomic E-state index is -0.322. The van der Waals surface area contributed by atoms with Crippen molar-refractivity contribution >= 4 is 17.6 Å². The van der Waals surface area contributed by atoms with Crippen molar-refractivity contribution in [2.75, 3.05) is 20.3 Å². The fraction of sp³-hybridized carbons (Fsp3) is 0.276. The van der Waals surface area contributed by atoms with E-state index in [1.807, 2.05) is 61.5 Å². The number of rotatable bonds is 10. The highest BCUT2D eigenvalue weighted by atomic mass is 16.5. The average Bonchev–Trinajstić information content (AvgIpc) is 2.84. The van der Waals surface area contributed by atoms with Crippen LogP contribution < -0.4 is 9.47 Å². The molecule has 0 aromatic heterocycles. The number of methoxy groups -OCH3 is 1. The van der Waals surface area contributed by atoms with E-state index in [2.05, 4.69) is 32.1 Å². The second kappa shape index (κ2) is 11.9. The van der Waals surface area contributed by atoms with Gasteiger partial charge in [0.2, 0.25) is 0 Å². The number of ether oxygens (including phenoxy) is 3. The quantitative estimate of drug-likeness (QED) is 0.194. The van der Waals surface area contributed by atoms with Crippen molar-refractivity contribution in [2.45, 2.75) is 33.6 Å². The van der Waals surface area contributed by atoms with E-state index in [1.165, 1.54) is 7.11 Å². The van der Waals surface area contributed by atoms with E-state index in [4.69, 9.17) is 14.2 Å². The number of esters is 1. The molecule has 3 rings (SSSR count). The van der Waals surface area contributed by atoms with Crippen molar-refractivity contribution in [3.05, 3.63) is 94.5 Å². The highest BCUT2D eigenvalue weighted by Gasteiger charge is 2.18. The van der Waals surface area contributed by atoms with Crippen LogP contribution in [0.25, 0.3) is 11.6 Å². The van der Waals surface area contributed by atoms with E-state index < -0.39 is 0 Å². The maximum absolute atomic E-state index is 12.6. The minimum Gasteiger partial charge on any atom is -0.494 e. The molecule has 0 spiro atoms. The first-order chi connectivity index (χ1) is 16.0. The van der Waals surface area contributed by atoms with Gasteiger partial charge in [0.05, 0.1) is 25.9 Å². The Balaban J connectivity index is 1.83. The Bertz CT molecular complexity index is 1080. The lowest BCUT2D eigenvalue weighted by Crippen LogP contribution is -2.09. The van der Waals surface area contributed by atoms with Gasteiger partial charge in [-0.15, -0.1) is 0 Å². The van der Waals surface area contributed by atoms with Gasteiger partial charge in [0.15, 0.2) is 0 Å². The van der Waals surface area contributed by atoms with Crippen LogP contribution in [0.5, 0.6) is 11.5 Å². The summed E-state index contributed by atoms with van der Waals surface area (Å²) in [6.45, 7) is 7.30. The zero-order valence-corrected chi connectivity index (χ0v) is 19.9. The summed E-state index contributed by atoms with van der Waals surface area (Å²) in [7, 11) is 1.42. The molecule has 0 aliphatic heterocycles. The molecule has 3 aromatic rings. The minimum absolute atomic E-state index is 0.322. The van der Waals surface area contributed by atoms with Gasteiger partial charge < -0.3 is 14.2 Å². The molecule has 4 nitrogen and oxygen atoms in total. The van der Waals surface area contributed by atoms with Crippen LogP contribution >= 0.6 is 0 Å². The summed E-state index contributed by atoms with van der Waals surface area (Å²) >= 11 is 0. The van der Waals surface area contributed by atoms with Gasteiger partial charge >= 0.3 is 5.97 Å². The Morgan fingerprint density at radius 3 is 2.18 bits per heavy atom.